The lowest BCUT2D eigenvalue weighted by Crippen LogP contribution is -2.24. The van der Waals surface area contributed by atoms with Gasteiger partial charge in [0.05, 0.1) is 11.0 Å². The predicted molar refractivity (Wildman–Crippen MR) is 104 cm³/mol. The molecule has 0 fully saturated rings. The van der Waals surface area contributed by atoms with Gasteiger partial charge in [-0.2, -0.15) is 0 Å². The Morgan fingerprint density at radius 1 is 1.00 bits per heavy atom. The summed E-state index contributed by atoms with van der Waals surface area (Å²) >= 11 is 6.11. The number of benzene rings is 2. The highest BCUT2D eigenvalue weighted by molar-refractivity contribution is 6.31. The van der Waals surface area contributed by atoms with E-state index in [-0.39, 0.29) is 30.7 Å². The van der Waals surface area contributed by atoms with Crippen LogP contribution in [0.15, 0.2) is 65.6 Å². The maximum Gasteiger partial charge on any atom is 0.275 e. The molecule has 0 saturated heterocycles. The summed E-state index contributed by atoms with van der Waals surface area (Å²) in [6.07, 6.45) is 2.13. The van der Waals surface area contributed by atoms with Crippen LogP contribution < -0.4 is 5.56 Å². The number of halogens is 2. The lowest BCUT2D eigenvalue weighted by atomic mass is 10.1. The van der Waals surface area contributed by atoms with Gasteiger partial charge >= 0.3 is 0 Å². The van der Waals surface area contributed by atoms with E-state index in [4.69, 9.17) is 11.6 Å². The standard InChI is InChI=1S/C21H16ClFN2O2/c22-17-5-2-1-4-14(17)12-16(26)9-11-25-20-13-15(23)7-8-18(20)24-10-3-6-19(24)21(25)27/h1-8,10,13H,9,11-12H2. The third kappa shape index (κ3) is 3.26. The Hall–Kier alpha value is -2.92. The van der Waals surface area contributed by atoms with Crippen molar-refractivity contribution in [1.82, 2.24) is 8.97 Å². The Bertz CT molecular complexity index is 1230. The number of hydrogen-bond acceptors (Lipinski definition) is 2. The number of hydrogen-bond donors (Lipinski definition) is 0. The Labute approximate surface area is 159 Å². The number of nitrogens with zero attached hydrogens (tertiary/aromatic N) is 2. The fourth-order valence-corrected chi connectivity index (χ4v) is 3.53. The number of ketones is 1. The Balaban J connectivity index is 1.67. The highest BCUT2D eigenvalue weighted by Crippen LogP contribution is 2.19. The van der Waals surface area contributed by atoms with Crippen LogP contribution in [0, 0.1) is 5.82 Å². The van der Waals surface area contributed by atoms with Gasteiger partial charge in [0.2, 0.25) is 0 Å². The minimum absolute atomic E-state index is 0.0326. The number of rotatable bonds is 5. The van der Waals surface area contributed by atoms with E-state index in [0.29, 0.717) is 16.1 Å². The van der Waals surface area contributed by atoms with Crippen molar-refractivity contribution in [3.05, 3.63) is 87.6 Å². The van der Waals surface area contributed by atoms with Crippen molar-refractivity contribution in [1.29, 1.82) is 0 Å². The zero-order chi connectivity index (χ0) is 19.0. The molecular weight excluding hydrogens is 367 g/mol. The van der Waals surface area contributed by atoms with Crippen molar-refractivity contribution in [3.63, 3.8) is 0 Å². The van der Waals surface area contributed by atoms with Gasteiger partial charge in [0.1, 0.15) is 17.1 Å². The molecule has 2 heterocycles. The second-order valence-corrected chi connectivity index (χ2v) is 6.82. The fourth-order valence-electron chi connectivity index (χ4n) is 3.33. The first kappa shape index (κ1) is 17.5. The van der Waals surface area contributed by atoms with Crippen LogP contribution >= 0.6 is 11.6 Å². The molecule has 0 spiro atoms. The topological polar surface area (TPSA) is 43.5 Å². The van der Waals surface area contributed by atoms with Crippen molar-refractivity contribution in [3.8, 4) is 0 Å². The van der Waals surface area contributed by atoms with Gasteiger partial charge in [0.25, 0.3) is 5.56 Å². The van der Waals surface area contributed by atoms with E-state index < -0.39 is 5.82 Å². The van der Waals surface area contributed by atoms with Crippen LogP contribution in [0.25, 0.3) is 16.6 Å². The van der Waals surface area contributed by atoms with Crippen molar-refractivity contribution < 1.29 is 9.18 Å². The molecule has 0 amide bonds. The average Bonchev–Trinajstić information content (AvgIpc) is 3.13. The van der Waals surface area contributed by atoms with Gasteiger partial charge in [-0.15, -0.1) is 0 Å². The summed E-state index contributed by atoms with van der Waals surface area (Å²) in [5.74, 6) is -0.459. The molecule has 0 bridgehead atoms. The molecule has 0 aliphatic heterocycles. The van der Waals surface area contributed by atoms with Gasteiger partial charge in [0, 0.05) is 30.6 Å². The zero-order valence-corrected chi connectivity index (χ0v) is 15.1. The zero-order valence-electron chi connectivity index (χ0n) is 14.4. The predicted octanol–water partition coefficient (Wildman–Crippen LogP) is 4.25. The third-order valence-electron chi connectivity index (χ3n) is 4.66. The summed E-state index contributed by atoms with van der Waals surface area (Å²) in [6, 6.07) is 15.0. The van der Waals surface area contributed by atoms with E-state index in [2.05, 4.69) is 0 Å². The summed E-state index contributed by atoms with van der Waals surface area (Å²) in [5, 5.41) is 0.546. The molecule has 136 valence electrons. The molecule has 0 unspecified atom stereocenters. The highest BCUT2D eigenvalue weighted by Gasteiger charge is 2.13. The van der Waals surface area contributed by atoms with E-state index in [1.807, 2.05) is 18.2 Å². The highest BCUT2D eigenvalue weighted by atomic mass is 35.5. The quantitative estimate of drug-likeness (QED) is 0.518. The Morgan fingerprint density at radius 3 is 2.63 bits per heavy atom. The summed E-state index contributed by atoms with van der Waals surface area (Å²) in [5.41, 5.74) is 2.19. The van der Waals surface area contributed by atoms with Gasteiger partial charge in [-0.1, -0.05) is 29.8 Å². The van der Waals surface area contributed by atoms with E-state index in [9.17, 15) is 14.0 Å². The van der Waals surface area contributed by atoms with Gasteiger partial charge in [-0.3, -0.25) is 9.59 Å². The van der Waals surface area contributed by atoms with Crippen LogP contribution in [0.3, 0.4) is 0 Å². The number of aryl methyl sites for hydroxylation is 1. The lowest BCUT2D eigenvalue weighted by Gasteiger charge is -2.12. The van der Waals surface area contributed by atoms with Crippen LogP contribution in [-0.2, 0) is 17.8 Å². The van der Waals surface area contributed by atoms with E-state index in [0.717, 1.165) is 11.1 Å². The van der Waals surface area contributed by atoms with Crippen LogP contribution in [0.1, 0.15) is 12.0 Å². The molecule has 0 saturated carbocycles. The molecule has 0 aliphatic rings. The second kappa shape index (κ2) is 7.00. The monoisotopic (exact) mass is 382 g/mol. The Morgan fingerprint density at radius 2 is 1.81 bits per heavy atom. The molecule has 4 aromatic rings. The fraction of sp³-hybridized carbons (Fsp3) is 0.143. The number of aromatic nitrogens is 2. The molecule has 27 heavy (non-hydrogen) atoms. The van der Waals surface area contributed by atoms with Gasteiger partial charge in [-0.25, -0.2) is 4.39 Å². The lowest BCUT2D eigenvalue weighted by molar-refractivity contribution is -0.118. The third-order valence-corrected chi connectivity index (χ3v) is 5.03. The van der Waals surface area contributed by atoms with Gasteiger partial charge in [0.15, 0.2) is 0 Å². The normalized spacial score (nSPS) is 11.3. The van der Waals surface area contributed by atoms with Crippen molar-refractivity contribution in [2.45, 2.75) is 19.4 Å². The van der Waals surface area contributed by atoms with Crippen LogP contribution in [0.5, 0.6) is 0 Å². The van der Waals surface area contributed by atoms with Gasteiger partial charge in [-0.05, 0) is 42.0 Å². The Kier molecular flexibility index (Phi) is 4.54. The molecule has 0 radical (unpaired) electrons. The first-order chi connectivity index (χ1) is 13.0. The minimum Gasteiger partial charge on any atom is -0.310 e. The molecule has 2 aromatic heterocycles. The maximum absolute atomic E-state index is 13.8. The maximum atomic E-state index is 13.8. The molecule has 0 atom stereocenters. The smallest absolute Gasteiger partial charge is 0.275 e. The van der Waals surface area contributed by atoms with Crippen LogP contribution in [0.4, 0.5) is 4.39 Å². The summed E-state index contributed by atoms with van der Waals surface area (Å²) in [7, 11) is 0. The van der Waals surface area contributed by atoms with E-state index >= 15 is 0 Å². The largest absolute Gasteiger partial charge is 0.310 e. The SMILES string of the molecule is O=C(CCn1c(=O)c2cccn2c2ccc(F)cc21)Cc1ccccc1Cl. The summed E-state index contributed by atoms with van der Waals surface area (Å²) in [6.45, 7) is 0.184. The molecule has 0 aliphatic carbocycles. The van der Waals surface area contributed by atoms with Crippen molar-refractivity contribution >= 4 is 33.9 Å². The molecule has 2 aromatic carbocycles. The molecule has 4 nitrogen and oxygen atoms in total. The molecular formula is C21H16ClFN2O2. The first-order valence-electron chi connectivity index (χ1n) is 8.59. The van der Waals surface area contributed by atoms with Crippen molar-refractivity contribution in [2.24, 2.45) is 0 Å². The molecule has 6 heteroatoms. The van der Waals surface area contributed by atoms with Gasteiger partial charge < -0.3 is 8.97 Å². The minimum atomic E-state index is -0.426. The summed E-state index contributed by atoms with van der Waals surface area (Å²) < 4.78 is 17.0. The van der Waals surface area contributed by atoms with Crippen molar-refractivity contribution in [2.75, 3.05) is 0 Å². The number of carbonyl (C=O) groups is 1. The van der Waals surface area contributed by atoms with E-state index in [1.54, 1.807) is 34.9 Å². The second-order valence-electron chi connectivity index (χ2n) is 6.41. The number of carbonyl (C=O) groups excluding carboxylic acids is 1. The average molecular weight is 383 g/mol. The number of fused-ring (bicyclic) bond motifs is 3. The van der Waals surface area contributed by atoms with E-state index in [1.165, 1.54) is 16.7 Å². The molecule has 4 rings (SSSR count). The van der Waals surface area contributed by atoms with Crippen LogP contribution in [0.2, 0.25) is 5.02 Å². The first-order valence-corrected chi connectivity index (χ1v) is 8.96. The molecule has 0 N–H and O–H groups in total. The van der Waals surface area contributed by atoms with Crippen LogP contribution in [-0.4, -0.2) is 14.8 Å². The summed E-state index contributed by atoms with van der Waals surface area (Å²) in [4.78, 5) is 25.2. The number of Topliss-reactive ketones (excluding diaryl/α,β-unsaturated/α-hetero) is 1.